The summed E-state index contributed by atoms with van der Waals surface area (Å²) in [7, 11) is 1.77. The van der Waals surface area contributed by atoms with Crippen LogP contribution >= 0.6 is 15.9 Å². The second kappa shape index (κ2) is 9.54. The van der Waals surface area contributed by atoms with Crippen LogP contribution in [-0.2, 0) is 11.2 Å². The molecule has 0 saturated heterocycles. The molecule has 2 nitrogen and oxygen atoms in total. The maximum Gasteiger partial charge on any atom is 0.0465 e. The van der Waals surface area contributed by atoms with E-state index in [1.54, 1.807) is 7.11 Å². The van der Waals surface area contributed by atoms with Crippen molar-refractivity contribution in [1.29, 1.82) is 0 Å². The van der Waals surface area contributed by atoms with Gasteiger partial charge in [-0.1, -0.05) is 35.0 Å². The van der Waals surface area contributed by atoms with Crippen LogP contribution in [0, 0.1) is 5.92 Å². The van der Waals surface area contributed by atoms with Gasteiger partial charge >= 0.3 is 0 Å². The lowest BCUT2D eigenvalue weighted by Crippen LogP contribution is -2.26. The Bertz CT molecular complexity index is 313. The highest BCUT2D eigenvalue weighted by Crippen LogP contribution is 2.15. The summed E-state index contributed by atoms with van der Waals surface area (Å²) in [6.45, 7) is 5.22. The smallest absolute Gasteiger partial charge is 0.0465 e. The van der Waals surface area contributed by atoms with E-state index in [-0.39, 0.29) is 0 Å². The molecule has 3 heteroatoms. The highest BCUT2D eigenvalue weighted by atomic mass is 79.9. The lowest BCUT2D eigenvalue weighted by molar-refractivity contribution is 0.176. The summed E-state index contributed by atoms with van der Waals surface area (Å²) < 4.78 is 6.34. The van der Waals surface area contributed by atoms with E-state index in [0.717, 1.165) is 37.0 Å². The van der Waals surface area contributed by atoms with E-state index in [0.29, 0.717) is 5.92 Å². The third kappa shape index (κ3) is 6.53. The van der Waals surface area contributed by atoms with Gasteiger partial charge in [0.05, 0.1) is 0 Å². The monoisotopic (exact) mass is 313 g/mol. The standard InChI is InChI=1S/C15H24BrNO/c1-3-9-17-12-14(8-10-18-2)11-13-4-6-15(16)7-5-13/h4-7,14,17H,3,8-12H2,1-2H3. The van der Waals surface area contributed by atoms with Gasteiger partial charge in [0.1, 0.15) is 0 Å². The maximum absolute atomic E-state index is 5.20. The molecule has 1 atom stereocenters. The van der Waals surface area contributed by atoms with Crippen molar-refractivity contribution in [3.8, 4) is 0 Å². The Morgan fingerprint density at radius 1 is 1.28 bits per heavy atom. The van der Waals surface area contributed by atoms with Crippen LogP contribution in [-0.4, -0.2) is 26.8 Å². The minimum absolute atomic E-state index is 0.651. The summed E-state index contributed by atoms with van der Waals surface area (Å²) in [4.78, 5) is 0. The van der Waals surface area contributed by atoms with Crippen molar-refractivity contribution in [2.24, 2.45) is 5.92 Å². The third-order valence-corrected chi connectivity index (χ3v) is 3.56. The number of hydrogen-bond acceptors (Lipinski definition) is 2. The van der Waals surface area contributed by atoms with Crippen LogP contribution in [0.5, 0.6) is 0 Å². The second-order valence-corrected chi connectivity index (χ2v) is 5.60. The molecule has 0 aromatic heterocycles. The van der Waals surface area contributed by atoms with Crippen molar-refractivity contribution < 1.29 is 4.74 Å². The van der Waals surface area contributed by atoms with Gasteiger partial charge in [-0.3, -0.25) is 0 Å². The molecule has 1 N–H and O–H groups in total. The fourth-order valence-corrected chi connectivity index (χ4v) is 2.26. The summed E-state index contributed by atoms with van der Waals surface area (Å²) in [5, 5.41) is 3.51. The third-order valence-electron chi connectivity index (χ3n) is 3.03. The molecule has 0 amide bonds. The summed E-state index contributed by atoms with van der Waals surface area (Å²) in [6.07, 6.45) is 3.42. The molecule has 0 aliphatic carbocycles. The van der Waals surface area contributed by atoms with Crippen LogP contribution in [0.25, 0.3) is 0 Å². The number of halogens is 1. The first-order chi connectivity index (χ1) is 8.76. The Kier molecular flexibility index (Phi) is 8.31. The summed E-state index contributed by atoms with van der Waals surface area (Å²) >= 11 is 3.47. The van der Waals surface area contributed by atoms with Gasteiger partial charge in [0.2, 0.25) is 0 Å². The predicted octanol–water partition coefficient (Wildman–Crippen LogP) is 3.64. The van der Waals surface area contributed by atoms with E-state index >= 15 is 0 Å². The molecule has 0 aliphatic heterocycles. The molecular formula is C15H24BrNO. The van der Waals surface area contributed by atoms with Gasteiger partial charge in [0, 0.05) is 18.2 Å². The molecule has 0 bridgehead atoms. The van der Waals surface area contributed by atoms with Crippen LogP contribution in [0.4, 0.5) is 0 Å². The first-order valence-corrected chi connectivity index (χ1v) is 7.49. The zero-order chi connectivity index (χ0) is 13.2. The number of ether oxygens (including phenoxy) is 1. The molecule has 0 spiro atoms. The Morgan fingerprint density at radius 2 is 2.00 bits per heavy atom. The van der Waals surface area contributed by atoms with Crippen molar-refractivity contribution in [2.45, 2.75) is 26.2 Å². The van der Waals surface area contributed by atoms with E-state index in [1.165, 1.54) is 12.0 Å². The van der Waals surface area contributed by atoms with E-state index < -0.39 is 0 Å². The number of rotatable bonds is 9. The van der Waals surface area contributed by atoms with Crippen LogP contribution < -0.4 is 5.32 Å². The van der Waals surface area contributed by atoms with Crippen molar-refractivity contribution in [1.82, 2.24) is 5.32 Å². The molecular weight excluding hydrogens is 290 g/mol. The molecule has 0 radical (unpaired) electrons. The molecule has 0 fully saturated rings. The highest BCUT2D eigenvalue weighted by molar-refractivity contribution is 9.10. The van der Waals surface area contributed by atoms with Crippen LogP contribution in [0.3, 0.4) is 0 Å². The minimum atomic E-state index is 0.651. The fraction of sp³-hybridized carbons (Fsp3) is 0.600. The molecule has 1 rings (SSSR count). The summed E-state index contributed by atoms with van der Waals surface area (Å²) in [5.74, 6) is 0.651. The molecule has 102 valence electrons. The molecule has 1 aromatic carbocycles. The summed E-state index contributed by atoms with van der Waals surface area (Å²) in [5.41, 5.74) is 1.40. The average Bonchev–Trinajstić information content (AvgIpc) is 2.38. The first-order valence-electron chi connectivity index (χ1n) is 6.70. The largest absolute Gasteiger partial charge is 0.385 e. The van der Waals surface area contributed by atoms with E-state index in [4.69, 9.17) is 4.74 Å². The van der Waals surface area contributed by atoms with E-state index in [2.05, 4.69) is 52.4 Å². The summed E-state index contributed by atoms with van der Waals surface area (Å²) in [6, 6.07) is 8.62. The van der Waals surface area contributed by atoms with Gasteiger partial charge in [0.15, 0.2) is 0 Å². The zero-order valence-electron chi connectivity index (χ0n) is 11.4. The van der Waals surface area contributed by atoms with Gasteiger partial charge in [0.25, 0.3) is 0 Å². The first kappa shape index (κ1) is 15.7. The average molecular weight is 314 g/mol. The van der Waals surface area contributed by atoms with Crippen LogP contribution in [0.2, 0.25) is 0 Å². The van der Waals surface area contributed by atoms with Gasteiger partial charge in [-0.15, -0.1) is 0 Å². The Morgan fingerprint density at radius 3 is 2.61 bits per heavy atom. The van der Waals surface area contributed by atoms with Crippen molar-refractivity contribution in [2.75, 3.05) is 26.8 Å². The van der Waals surface area contributed by atoms with Crippen LogP contribution in [0.1, 0.15) is 25.3 Å². The predicted molar refractivity (Wildman–Crippen MR) is 81.0 cm³/mol. The zero-order valence-corrected chi connectivity index (χ0v) is 13.0. The van der Waals surface area contributed by atoms with E-state index in [9.17, 15) is 0 Å². The fourth-order valence-electron chi connectivity index (χ4n) is 2.00. The lowest BCUT2D eigenvalue weighted by Gasteiger charge is -2.17. The Hall–Kier alpha value is -0.380. The number of nitrogens with one attached hydrogen (secondary N) is 1. The van der Waals surface area contributed by atoms with E-state index in [1.807, 2.05) is 0 Å². The van der Waals surface area contributed by atoms with Crippen molar-refractivity contribution in [3.05, 3.63) is 34.3 Å². The molecule has 1 unspecified atom stereocenters. The van der Waals surface area contributed by atoms with Gasteiger partial charge in [-0.05, 0) is 56.0 Å². The molecule has 0 heterocycles. The number of hydrogen-bond donors (Lipinski definition) is 1. The van der Waals surface area contributed by atoms with Crippen molar-refractivity contribution >= 4 is 15.9 Å². The quantitative estimate of drug-likeness (QED) is 0.703. The lowest BCUT2D eigenvalue weighted by atomic mass is 9.96. The molecule has 18 heavy (non-hydrogen) atoms. The van der Waals surface area contributed by atoms with Gasteiger partial charge in [-0.2, -0.15) is 0 Å². The van der Waals surface area contributed by atoms with Gasteiger partial charge < -0.3 is 10.1 Å². The number of methoxy groups -OCH3 is 1. The molecule has 1 aromatic rings. The van der Waals surface area contributed by atoms with Crippen molar-refractivity contribution in [3.63, 3.8) is 0 Å². The number of benzene rings is 1. The minimum Gasteiger partial charge on any atom is -0.385 e. The highest BCUT2D eigenvalue weighted by Gasteiger charge is 2.09. The second-order valence-electron chi connectivity index (χ2n) is 4.68. The topological polar surface area (TPSA) is 21.3 Å². The molecule has 0 aliphatic rings. The van der Waals surface area contributed by atoms with Crippen LogP contribution in [0.15, 0.2) is 28.7 Å². The Labute approximate surface area is 119 Å². The Balaban J connectivity index is 2.45. The molecule has 0 saturated carbocycles. The SMILES string of the molecule is CCCNCC(CCOC)Cc1ccc(Br)cc1. The van der Waals surface area contributed by atoms with Gasteiger partial charge in [-0.25, -0.2) is 0 Å². The normalized spacial score (nSPS) is 12.6. The maximum atomic E-state index is 5.20.